The molecule has 11 heteroatoms. The predicted octanol–water partition coefficient (Wildman–Crippen LogP) is 11.3. The largest absolute Gasteiger partial charge is 0.255 e. The topological polar surface area (TPSA) is 50.5 Å². The quantitative estimate of drug-likeness (QED) is 0.126. The standard InChI is InChI=1S/C35H31BrN4.4ClH.2Ni/c1-22-14-27(15-23(2)34(22)39-20-30-10-6-8-12-37-30)32-18-29(36)19-33(26(32)5)28-16-24(3)35(25(4)17-28)40-21-31-11-7-9-13-38-31;;;;;;/h6-21H,1-5H3;4*1H;;. The molecule has 4 nitrogen and oxygen atoms in total. The summed E-state index contributed by atoms with van der Waals surface area (Å²) in [4.78, 5) is 18.2. The van der Waals surface area contributed by atoms with Gasteiger partial charge in [0.15, 0.2) is 0 Å². The van der Waals surface area contributed by atoms with Crippen LogP contribution >= 0.6 is 65.6 Å². The van der Waals surface area contributed by atoms with Crippen molar-refractivity contribution < 1.29 is 33.0 Å². The summed E-state index contributed by atoms with van der Waals surface area (Å²) in [6.07, 6.45) is 7.21. The van der Waals surface area contributed by atoms with Crippen molar-refractivity contribution in [2.24, 2.45) is 9.98 Å². The number of benzene rings is 3. The van der Waals surface area contributed by atoms with Crippen molar-refractivity contribution in [3.05, 3.63) is 129 Å². The fourth-order valence-corrected chi connectivity index (χ4v) is 5.53. The summed E-state index contributed by atoms with van der Waals surface area (Å²) in [5.74, 6) is 0. The van der Waals surface area contributed by atoms with Crippen molar-refractivity contribution in [2.45, 2.75) is 34.6 Å². The fourth-order valence-electron chi connectivity index (χ4n) is 5.07. The van der Waals surface area contributed by atoms with Gasteiger partial charge >= 0.3 is 0 Å². The summed E-state index contributed by atoms with van der Waals surface area (Å²) in [6.45, 7) is 10.7. The number of nitrogens with zero attached hydrogens (tertiary/aromatic N) is 4. The van der Waals surface area contributed by atoms with E-state index in [1.54, 1.807) is 12.4 Å². The Bertz CT molecular complexity index is 1600. The number of aromatic nitrogens is 2. The van der Waals surface area contributed by atoms with E-state index in [0.717, 1.165) is 49.5 Å². The molecule has 0 bridgehead atoms. The molecule has 0 aliphatic heterocycles. The second kappa shape index (κ2) is 21.0. The van der Waals surface area contributed by atoms with Gasteiger partial charge in [-0.1, -0.05) is 28.1 Å². The molecule has 0 atom stereocenters. The minimum atomic E-state index is 0. The summed E-state index contributed by atoms with van der Waals surface area (Å²) in [7, 11) is 0. The summed E-state index contributed by atoms with van der Waals surface area (Å²) >= 11 is 3.79. The maximum absolute atomic E-state index is 4.77. The second-order valence-corrected chi connectivity index (χ2v) is 11.0. The number of aryl methyl sites for hydroxylation is 4. The first-order valence-corrected chi connectivity index (χ1v) is 14.0. The van der Waals surface area contributed by atoms with Crippen molar-refractivity contribution in [2.75, 3.05) is 0 Å². The van der Waals surface area contributed by atoms with Crippen LogP contribution in [0.15, 0.2) is 99.6 Å². The van der Waals surface area contributed by atoms with Gasteiger partial charge in [0, 0.05) is 49.8 Å². The Morgan fingerprint density at radius 3 is 1.20 bits per heavy atom. The molecule has 0 spiro atoms. The van der Waals surface area contributed by atoms with E-state index in [4.69, 9.17) is 9.98 Å². The SMILES string of the molecule is Cc1cc(-c2cc(Br)cc(-c3cc(C)c(N=Cc4ccccn4)c(C)c3)c2C)cc(C)c1N=Cc1ccccn1.Cl.Cl.Cl.Cl.[Ni].[Ni]. The van der Waals surface area contributed by atoms with E-state index in [9.17, 15) is 0 Å². The molecular formula is C35H35BrCl4N4Ni2. The van der Waals surface area contributed by atoms with Crippen LogP contribution in [0.3, 0.4) is 0 Å². The van der Waals surface area contributed by atoms with Crippen molar-refractivity contribution in [3.63, 3.8) is 0 Å². The third kappa shape index (κ3) is 11.0. The van der Waals surface area contributed by atoms with Gasteiger partial charge in [-0.25, -0.2) is 0 Å². The van der Waals surface area contributed by atoms with E-state index >= 15 is 0 Å². The number of hydrogen-bond donors (Lipinski definition) is 0. The van der Waals surface area contributed by atoms with Crippen LogP contribution in [0.1, 0.15) is 39.2 Å². The molecule has 2 heterocycles. The van der Waals surface area contributed by atoms with Crippen molar-refractivity contribution in [1.82, 2.24) is 9.97 Å². The summed E-state index contributed by atoms with van der Waals surface area (Å²) in [5.41, 5.74) is 14.2. The van der Waals surface area contributed by atoms with Gasteiger partial charge in [0.1, 0.15) is 0 Å². The van der Waals surface area contributed by atoms with E-state index in [1.807, 2.05) is 48.8 Å². The van der Waals surface area contributed by atoms with Crippen molar-refractivity contribution >= 4 is 89.4 Å². The van der Waals surface area contributed by atoms with Gasteiger partial charge in [-0.15, -0.1) is 49.6 Å². The Hall–Kier alpha value is -2.07. The van der Waals surface area contributed by atoms with Gasteiger partial charge in [-0.05, 0) is 145 Å². The van der Waals surface area contributed by atoms with Crippen LogP contribution in [0.2, 0.25) is 0 Å². The molecule has 2 aromatic heterocycles. The van der Waals surface area contributed by atoms with Crippen LogP contribution in [0.5, 0.6) is 0 Å². The molecule has 0 amide bonds. The van der Waals surface area contributed by atoms with Gasteiger partial charge < -0.3 is 0 Å². The molecule has 5 rings (SSSR count). The first kappa shape index (κ1) is 46.0. The summed E-state index contributed by atoms with van der Waals surface area (Å²) in [5, 5.41) is 0. The monoisotopic (exact) mass is 846 g/mol. The van der Waals surface area contributed by atoms with Crippen LogP contribution in [-0.2, 0) is 33.0 Å². The van der Waals surface area contributed by atoms with Crippen LogP contribution in [0.4, 0.5) is 11.4 Å². The van der Waals surface area contributed by atoms with E-state index < -0.39 is 0 Å². The van der Waals surface area contributed by atoms with Gasteiger partial charge in [-0.3, -0.25) is 20.0 Å². The molecule has 0 unspecified atom stereocenters. The van der Waals surface area contributed by atoms with Crippen LogP contribution in [-0.4, -0.2) is 22.4 Å². The molecule has 0 aliphatic rings. The van der Waals surface area contributed by atoms with Gasteiger partial charge in [-0.2, -0.15) is 0 Å². The number of hydrogen-bond acceptors (Lipinski definition) is 4. The molecular weight excluding hydrogens is 816 g/mol. The Morgan fingerprint density at radius 1 is 0.543 bits per heavy atom. The minimum absolute atomic E-state index is 0. The van der Waals surface area contributed by atoms with Crippen molar-refractivity contribution in [3.8, 4) is 22.3 Å². The number of rotatable bonds is 6. The first-order valence-electron chi connectivity index (χ1n) is 13.2. The molecule has 0 saturated heterocycles. The van der Waals surface area contributed by atoms with E-state index in [1.165, 1.54) is 27.8 Å². The van der Waals surface area contributed by atoms with E-state index in [-0.39, 0.29) is 82.6 Å². The Labute approximate surface area is 325 Å². The number of pyridine rings is 2. The Morgan fingerprint density at radius 2 is 0.891 bits per heavy atom. The molecule has 250 valence electrons. The normalized spacial score (nSPS) is 10.0. The molecule has 5 aromatic rings. The summed E-state index contributed by atoms with van der Waals surface area (Å²) < 4.78 is 1.04. The fraction of sp³-hybridized carbons (Fsp3) is 0.143. The smallest absolute Gasteiger partial charge is 0.0812 e. The zero-order valence-electron chi connectivity index (χ0n) is 25.7. The number of aliphatic imine (C=N–C) groups is 2. The molecule has 3 aromatic carbocycles. The zero-order valence-corrected chi connectivity index (χ0v) is 32.5. The Kier molecular flexibility index (Phi) is 21.0. The molecule has 46 heavy (non-hydrogen) atoms. The van der Waals surface area contributed by atoms with Gasteiger partial charge in [0.05, 0.1) is 35.2 Å². The average Bonchev–Trinajstić information content (AvgIpc) is 2.94. The maximum atomic E-state index is 4.77. The van der Waals surface area contributed by atoms with Gasteiger partial charge in [0.25, 0.3) is 0 Å². The first-order chi connectivity index (χ1) is 19.3. The van der Waals surface area contributed by atoms with Crippen LogP contribution < -0.4 is 0 Å². The van der Waals surface area contributed by atoms with E-state index in [0.29, 0.717) is 0 Å². The van der Waals surface area contributed by atoms with Crippen LogP contribution in [0, 0.1) is 34.6 Å². The second-order valence-electron chi connectivity index (χ2n) is 10.1. The van der Waals surface area contributed by atoms with Gasteiger partial charge in [0.2, 0.25) is 0 Å². The predicted molar refractivity (Wildman–Crippen MR) is 201 cm³/mol. The molecule has 0 fully saturated rings. The zero-order chi connectivity index (χ0) is 28.2. The molecule has 0 aliphatic carbocycles. The summed E-state index contributed by atoms with van der Waals surface area (Å²) in [6, 6.07) is 25.0. The Balaban J connectivity index is 0. The third-order valence-electron chi connectivity index (χ3n) is 7.00. The minimum Gasteiger partial charge on any atom is -0.255 e. The molecule has 0 radical (unpaired) electrons. The maximum Gasteiger partial charge on any atom is 0.0812 e. The van der Waals surface area contributed by atoms with Crippen LogP contribution in [0.25, 0.3) is 22.3 Å². The molecule has 0 N–H and O–H groups in total. The number of halogens is 5. The average molecular weight is 851 g/mol. The molecule has 0 saturated carbocycles. The third-order valence-corrected chi connectivity index (χ3v) is 7.46. The van der Waals surface area contributed by atoms with Crippen molar-refractivity contribution in [1.29, 1.82) is 0 Å². The van der Waals surface area contributed by atoms with E-state index in [2.05, 4.69) is 96.9 Å².